The number of aromatic nitrogens is 2. The summed E-state index contributed by atoms with van der Waals surface area (Å²) in [6, 6.07) is 15.2. The van der Waals surface area contributed by atoms with Gasteiger partial charge in [-0.3, -0.25) is 4.79 Å². The number of benzene rings is 2. The van der Waals surface area contributed by atoms with Gasteiger partial charge in [-0.25, -0.2) is 0 Å². The average Bonchev–Trinajstić information content (AvgIpc) is 3.34. The smallest absolute Gasteiger partial charge is 0.257 e. The van der Waals surface area contributed by atoms with Gasteiger partial charge >= 0.3 is 0 Å². The fraction of sp³-hybridized carbons (Fsp3) is 0.304. The normalized spacial score (nSPS) is 18.0. The molecule has 3 aromatic rings. The third-order valence-electron chi connectivity index (χ3n) is 5.35. The van der Waals surface area contributed by atoms with Crippen LogP contribution in [-0.4, -0.2) is 39.6 Å². The molecule has 0 aliphatic carbocycles. The Hall–Kier alpha value is -3.37. The molecular weight excluding hydrogens is 414 g/mol. The Bertz CT molecular complexity index is 1110. The van der Waals surface area contributed by atoms with Gasteiger partial charge in [0.2, 0.25) is 5.91 Å². The minimum absolute atomic E-state index is 0.0118. The summed E-state index contributed by atoms with van der Waals surface area (Å²) in [7, 11) is 0. The molecule has 1 amide bonds. The number of nitriles is 1. The van der Waals surface area contributed by atoms with Crippen molar-refractivity contribution >= 4 is 17.5 Å². The van der Waals surface area contributed by atoms with E-state index in [1.807, 2.05) is 55.5 Å². The van der Waals surface area contributed by atoms with E-state index in [9.17, 15) is 4.79 Å². The quantitative estimate of drug-likeness (QED) is 0.594. The topological polar surface area (TPSA) is 95.1 Å². The van der Waals surface area contributed by atoms with Crippen LogP contribution in [0.3, 0.4) is 0 Å². The molecule has 4 rings (SSSR count). The van der Waals surface area contributed by atoms with Gasteiger partial charge < -0.3 is 14.7 Å². The number of hydrogen-bond acceptors (Lipinski definition) is 6. The van der Waals surface area contributed by atoms with Crippen molar-refractivity contribution in [2.75, 3.05) is 6.54 Å². The molecule has 2 heterocycles. The highest BCUT2D eigenvalue weighted by atomic mass is 35.5. The summed E-state index contributed by atoms with van der Waals surface area (Å²) in [5.41, 5.74) is 2.70. The van der Waals surface area contributed by atoms with Gasteiger partial charge in [-0.1, -0.05) is 41.0 Å². The molecule has 0 radical (unpaired) electrons. The molecule has 0 unspecified atom stereocenters. The molecule has 1 N–H and O–H groups in total. The maximum Gasteiger partial charge on any atom is 0.257 e. The monoisotopic (exact) mass is 435 g/mol. The highest BCUT2D eigenvalue weighted by molar-refractivity contribution is 6.30. The molecule has 0 bridgehead atoms. The summed E-state index contributed by atoms with van der Waals surface area (Å²) in [4.78, 5) is 18.5. The van der Waals surface area contributed by atoms with Crippen LogP contribution >= 0.6 is 11.6 Å². The summed E-state index contributed by atoms with van der Waals surface area (Å²) < 4.78 is 5.39. The van der Waals surface area contributed by atoms with E-state index in [-0.39, 0.29) is 24.4 Å². The Labute approximate surface area is 185 Å². The van der Waals surface area contributed by atoms with Crippen molar-refractivity contribution in [2.45, 2.75) is 38.3 Å². The van der Waals surface area contributed by atoms with Crippen LogP contribution in [0.5, 0.6) is 0 Å². The molecule has 1 fully saturated rings. The van der Waals surface area contributed by atoms with Crippen molar-refractivity contribution < 1.29 is 9.32 Å². The predicted octanol–water partition coefficient (Wildman–Crippen LogP) is 3.58. The zero-order chi connectivity index (χ0) is 21.8. The molecule has 158 valence electrons. The minimum Gasteiger partial charge on any atom is -0.351 e. The molecule has 1 saturated heterocycles. The van der Waals surface area contributed by atoms with Crippen LogP contribution in [-0.2, 0) is 17.6 Å². The number of hydrogen-bond donors (Lipinski definition) is 1. The third kappa shape index (κ3) is 5.22. The number of carbonyl (C=O) groups excluding carboxylic acids is 1. The van der Waals surface area contributed by atoms with Crippen LogP contribution in [0.2, 0.25) is 5.02 Å². The fourth-order valence-electron chi connectivity index (χ4n) is 3.78. The van der Waals surface area contributed by atoms with Crippen LogP contribution in [0.15, 0.2) is 53.1 Å². The highest BCUT2D eigenvalue weighted by Gasteiger charge is 2.29. The Morgan fingerprint density at radius 1 is 1.29 bits per heavy atom. The number of rotatable bonds is 6. The Morgan fingerprint density at radius 2 is 2.10 bits per heavy atom. The fourth-order valence-corrected chi connectivity index (χ4v) is 3.99. The number of nitrogens with one attached hydrogen (secondary N) is 1. The number of halogens is 1. The van der Waals surface area contributed by atoms with Crippen LogP contribution in [0.1, 0.15) is 30.3 Å². The molecular formula is C23H22ClN5O2. The van der Waals surface area contributed by atoms with Crippen LogP contribution in [0, 0.1) is 11.5 Å². The third-order valence-corrected chi connectivity index (χ3v) is 5.59. The summed E-state index contributed by atoms with van der Waals surface area (Å²) in [6.45, 7) is 2.56. The molecule has 2 atom stereocenters. The van der Waals surface area contributed by atoms with Gasteiger partial charge in [0.15, 0.2) is 12.0 Å². The molecule has 31 heavy (non-hydrogen) atoms. The van der Waals surface area contributed by atoms with Crippen LogP contribution in [0.25, 0.3) is 11.5 Å². The van der Waals surface area contributed by atoms with Gasteiger partial charge in [-0.05, 0) is 48.7 Å². The summed E-state index contributed by atoms with van der Waals surface area (Å²) in [5, 5.41) is 16.8. The molecule has 0 spiro atoms. The SMILES string of the molecule is C[C@@H]1C[C@@H](NC(=O)Cc2ccc(-c3nc(Cc4cccc(Cl)c4)no3)cc2)CN1C#N. The second kappa shape index (κ2) is 9.19. The maximum atomic E-state index is 12.4. The minimum atomic E-state index is -0.0497. The van der Waals surface area contributed by atoms with Gasteiger partial charge in [0.05, 0.1) is 6.42 Å². The van der Waals surface area contributed by atoms with Gasteiger partial charge in [0, 0.05) is 35.6 Å². The number of amides is 1. The van der Waals surface area contributed by atoms with Gasteiger partial charge in [-0.15, -0.1) is 0 Å². The number of nitrogens with zero attached hydrogens (tertiary/aromatic N) is 4. The van der Waals surface area contributed by atoms with Crippen molar-refractivity contribution in [2.24, 2.45) is 0 Å². The second-order valence-corrected chi connectivity index (χ2v) is 8.23. The van der Waals surface area contributed by atoms with E-state index in [0.29, 0.717) is 29.7 Å². The lowest BCUT2D eigenvalue weighted by atomic mass is 10.1. The first-order valence-electron chi connectivity index (χ1n) is 10.1. The predicted molar refractivity (Wildman–Crippen MR) is 116 cm³/mol. The number of carbonyl (C=O) groups is 1. The standard InChI is InChI=1S/C23H22ClN5O2/c1-15-9-20(13-29(15)14-25)26-22(30)12-16-5-7-18(8-6-16)23-27-21(28-31-23)11-17-3-2-4-19(24)10-17/h2-8,10,15,20H,9,11-13H2,1H3,(H,26,30)/t15-,20-/m1/s1. The molecule has 7 nitrogen and oxygen atoms in total. The van der Waals surface area contributed by atoms with E-state index < -0.39 is 0 Å². The number of likely N-dealkylation sites (tertiary alicyclic amines) is 1. The van der Waals surface area contributed by atoms with Gasteiger partial charge in [-0.2, -0.15) is 10.2 Å². The Kier molecular flexibility index (Phi) is 6.19. The Morgan fingerprint density at radius 3 is 2.81 bits per heavy atom. The van der Waals surface area contributed by atoms with Crippen molar-refractivity contribution in [3.8, 4) is 17.6 Å². The molecule has 8 heteroatoms. The van der Waals surface area contributed by atoms with E-state index in [1.54, 1.807) is 4.90 Å². The Balaban J connectivity index is 1.34. The van der Waals surface area contributed by atoms with E-state index in [1.165, 1.54) is 0 Å². The summed E-state index contributed by atoms with van der Waals surface area (Å²) in [5.74, 6) is 0.967. The first-order valence-corrected chi connectivity index (χ1v) is 10.5. The lowest BCUT2D eigenvalue weighted by Gasteiger charge is -2.12. The van der Waals surface area contributed by atoms with E-state index in [2.05, 4.69) is 21.7 Å². The largest absolute Gasteiger partial charge is 0.351 e. The average molecular weight is 436 g/mol. The molecule has 0 saturated carbocycles. The first kappa shape index (κ1) is 20.9. The summed E-state index contributed by atoms with van der Waals surface area (Å²) in [6.07, 6.45) is 3.76. The zero-order valence-corrected chi connectivity index (χ0v) is 17.8. The van der Waals surface area contributed by atoms with Crippen molar-refractivity contribution in [3.63, 3.8) is 0 Å². The van der Waals surface area contributed by atoms with Crippen LogP contribution in [0.4, 0.5) is 0 Å². The molecule has 1 aliphatic rings. The van der Waals surface area contributed by atoms with E-state index in [4.69, 9.17) is 21.4 Å². The lowest BCUT2D eigenvalue weighted by molar-refractivity contribution is -0.121. The highest BCUT2D eigenvalue weighted by Crippen LogP contribution is 2.20. The molecule has 1 aliphatic heterocycles. The van der Waals surface area contributed by atoms with Crippen molar-refractivity contribution in [3.05, 3.63) is 70.5 Å². The van der Waals surface area contributed by atoms with Gasteiger partial charge in [0.1, 0.15) is 0 Å². The van der Waals surface area contributed by atoms with E-state index >= 15 is 0 Å². The molecule has 2 aromatic carbocycles. The van der Waals surface area contributed by atoms with Crippen molar-refractivity contribution in [1.82, 2.24) is 20.4 Å². The maximum absolute atomic E-state index is 12.4. The first-order chi connectivity index (χ1) is 15.0. The second-order valence-electron chi connectivity index (χ2n) is 7.80. The van der Waals surface area contributed by atoms with Crippen molar-refractivity contribution in [1.29, 1.82) is 5.26 Å². The van der Waals surface area contributed by atoms with Gasteiger partial charge in [0.25, 0.3) is 5.89 Å². The lowest BCUT2D eigenvalue weighted by Crippen LogP contribution is -2.37. The zero-order valence-electron chi connectivity index (χ0n) is 17.1. The van der Waals surface area contributed by atoms with Crippen LogP contribution < -0.4 is 5.32 Å². The molecule has 1 aromatic heterocycles. The van der Waals surface area contributed by atoms with E-state index in [0.717, 1.165) is 23.1 Å². The summed E-state index contributed by atoms with van der Waals surface area (Å²) >= 11 is 6.02.